The van der Waals surface area contributed by atoms with E-state index in [1.165, 1.54) is 6.92 Å². The van der Waals surface area contributed by atoms with Crippen LogP contribution in [0.2, 0.25) is 0 Å². The molecule has 1 N–H and O–H groups in total. The number of piperazine rings is 1. The van der Waals surface area contributed by atoms with Gasteiger partial charge in [-0.15, -0.1) is 0 Å². The van der Waals surface area contributed by atoms with Crippen molar-refractivity contribution in [1.82, 2.24) is 9.21 Å². The molecule has 0 bridgehead atoms. The zero-order valence-electron chi connectivity index (χ0n) is 19.1. The molecule has 2 unspecified atom stereocenters. The molecule has 2 aliphatic heterocycles. The van der Waals surface area contributed by atoms with Gasteiger partial charge in [-0.3, -0.25) is 4.79 Å². The number of aliphatic hydroxyl groups is 1. The van der Waals surface area contributed by atoms with Gasteiger partial charge in [0, 0.05) is 45.0 Å². The van der Waals surface area contributed by atoms with Crippen molar-refractivity contribution in [3.8, 4) is 0 Å². The molecule has 0 aromatic heterocycles. The summed E-state index contributed by atoms with van der Waals surface area (Å²) in [5.74, 6) is -0.225. The van der Waals surface area contributed by atoms with Crippen LogP contribution < -0.4 is 4.90 Å². The molecule has 1 amide bonds. The molecule has 2 fully saturated rings. The zero-order valence-corrected chi connectivity index (χ0v) is 20.0. The topological polar surface area (TPSA) is 81.2 Å². The predicted octanol–water partition coefficient (Wildman–Crippen LogP) is 2.77. The van der Waals surface area contributed by atoms with Crippen LogP contribution in [0.1, 0.15) is 42.6 Å². The van der Waals surface area contributed by atoms with Gasteiger partial charge in [0.05, 0.1) is 0 Å². The van der Waals surface area contributed by atoms with Crippen molar-refractivity contribution >= 4 is 21.6 Å². The second-order valence-corrected chi connectivity index (χ2v) is 11.0. The Morgan fingerprint density at radius 2 is 1.64 bits per heavy atom. The first kappa shape index (κ1) is 23.7. The molecule has 8 heteroatoms. The fraction of sp³-hybridized carbons (Fsp3) is 0.480. The van der Waals surface area contributed by atoms with Crippen molar-refractivity contribution in [3.63, 3.8) is 0 Å². The normalized spacial score (nSPS) is 22.5. The molecule has 2 saturated heterocycles. The van der Waals surface area contributed by atoms with E-state index in [1.54, 1.807) is 9.21 Å². The molecule has 2 aromatic carbocycles. The van der Waals surface area contributed by atoms with Crippen LogP contribution in [0.3, 0.4) is 0 Å². The minimum absolute atomic E-state index is 0.225. The van der Waals surface area contributed by atoms with Crippen LogP contribution >= 0.6 is 0 Å². The van der Waals surface area contributed by atoms with Gasteiger partial charge in [0.25, 0.3) is 5.91 Å². The van der Waals surface area contributed by atoms with Gasteiger partial charge in [-0.25, -0.2) is 8.42 Å². The number of benzene rings is 2. The molecule has 4 rings (SSSR count). The van der Waals surface area contributed by atoms with E-state index in [1.807, 2.05) is 54.6 Å². The second kappa shape index (κ2) is 10.2. The Bertz CT molecular complexity index is 1030. The van der Waals surface area contributed by atoms with Crippen LogP contribution in [-0.2, 0) is 21.4 Å². The third kappa shape index (κ3) is 5.39. The first-order valence-electron chi connectivity index (χ1n) is 11.7. The molecule has 2 atom stereocenters. The van der Waals surface area contributed by atoms with Gasteiger partial charge in [0.2, 0.25) is 10.0 Å². The zero-order chi connectivity index (χ0) is 23.4. The van der Waals surface area contributed by atoms with Gasteiger partial charge >= 0.3 is 0 Å². The quantitative estimate of drug-likeness (QED) is 0.725. The van der Waals surface area contributed by atoms with E-state index in [0.717, 1.165) is 29.7 Å². The van der Waals surface area contributed by atoms with Gasteiger partial charge in [0.15, 0.2) is 0 Å². The maximum Gasteiger partial charge on any atom is 0.251 e. The number of carbonyl (C=O) groups is 1. The minimum atomic E-state index is -3.44. The van der Waals surface area contributed by atoms with E-state index >= 15 is 0 Å². The summed E-state index contributed by atoms with van der Waals surface area (Å²) in [6.45, 7) is 5.00. The summed E-state index contributed by atoms with van der Waals surface area (Å²) in [6, 6.07) is 17.6. The number of aliphatic hydroxyl groups excluding tert-OH is 1. The van der Waals surface area contributed by atoms with Crippen LogP contribution in [0.5, 0.6) is 0 Å². The molecule has 33 heavy (non-hydrogen) atoms. The average Bonchev–Trinajstić information content (AvgIpc) is 2.97. The van der Waals surface area contributed by atoms with Gasteiger partial charge in [0.1, 0.15) is 11.4 Å². The van der Waals surface area contributed by atoms with Crippen LogP contribution in [0, 0.1) is 0 Å². The fourth-order valence-electron chi connectivity index (χ4n) is 4.71. The maximum atomic E-state index is 13.5. The molecular formula is C25H33N3O4S. The number of rotatable bonds is 5. The van der Waals surface area contributed by atoms with E-state index in [0.29, 0.717) is 45.7 Å². The highest BCUT2D eigenvalue weighted by atomic mass is 32.2. The molecule has 2 aliphatic rings. The van der Waals surface area contributed by atoms with Gasteiger partial charge < -0.3 is 14.9 Å². The lowest BCUT2D eigenvalue weighted by Gasteiger charge is -2.36. The van der Waals surface area contributed by atoms with Crippen LogP contribution in [0.15, 0.2) is 54.6 Å². The van der Waals surface area contributed by atoms with Gasteiger partial charge in [-0.1, -0.05) is 48.9 Å². The second-order valence-electron chi connectivity index (χ2n) is 8.93. The Balaban J connectivity index is 1.42. The maximum absolute atomic E-state index is 13.5. The Morgan fingerprint density at radius 1 is 0.970 bits per heavy atom. The van der Waals surface area contributed by atoms with Crippen molar-refractivity contribution < 1.29 is 18.3 Å². The number of hydrogen-bond acceptors (Lipinski definition) is 5. The van der Waals surface area contributed by atoms with E-state index in [4.69, 9.17) is 0 Å². The lowest BCUT2D eigenvalue weighted by molar-refractivity contribution is -0.139. The summed E-state index contributed by atoms with van der Waals surface area (Å²) in [7, 11) is -3.44. The summed E-state index contributed by atoms with van der Waals surface area (Å²) in [4.78, 5) is 15.9. The third-order valence-electron chi connectivity index (χ3n) is 6.62. The minimum Gasteiger partial charge on any atom is -0.384 e. The number of amides is 1. The largest absolute Gasteiger partial charge is 0.384 e. The Labute approximate surface area is 196 Å². The summed E-state index contributed by atoms with van der Waals surface area (Å²) in [6.07, 6.45) is 1.46. The standard InChI is InChI=1S/C25H33N3O4S/c1-20(29)25(30)27-17-15-26(16-18-27)23-12-10-21(11-13-23)19-28-14-6-5-9-24(33(28,31)32)22-7-3-2-4-8-22/h2-4,7-8,10-13,20,24,29H,5-6,9,14-19H2,1H3. The lowest BCUT2D eigenvalue weighted by atomic mass is 10.1. The molecule has 0 saturated carbocycles. The van der Waals surface area contributed by atoms with Gasteiger partial charge in [-0.2, -0.15) is 4.31 Å². The molecule has 2 aromatic rings. The average molecular weight is 472 g/mol. The Morgan fingerprint density at radius 3 is 2.27 bits per heavy atom. The van der Waals surface area contributed by atoms with Crippen LogP contribution in [-0.4, -0.2) is 67.5 Å². The number of nitrogens with zero attached hydrogens (tertiary/aromatic N) is 3. The number of anilines is 1. The van der Waals surface area contributed by atoms with Crippen LogP contribution in [0.4, 0.5) is 5.69 Å². The smallest absolute Gasteiger partial charge is 0.251 e. The third-order valence-corrected chi connectivity index (χ3v) is 8.88. The van der Waals surface area contributed by atoms with Crippen molar-refractivity contribution in [3.05, 3.63) is 65.7 Å². The van der Waals surface area contributed by atoms with E-state index in [9.17, 15) is 18.3 Å². The Hall–Kier alpha value is -2.42. The highest BCUT2D eigenvalue weighted by Crippen LogP contribution is 2.34. The molecule has 0 spiro atoms. The summed E-state index contributed by atoms with van der Waals surface area (Å²) >= 11 is 0. The fourth-order valence-corrected chi connectivity index (χ4v) is 6.75. The summed E-state index contributed by atoms with van der Waals surface area (Å²) in [5.41, 5.74) is 2.90. The van der Waals surface area contributed by atoms with Crippen molar-refractivity contribution in [2.75, 3.05) is 37.6 Å². The number of carbonyl (C=O) groups excluding carboxylic acids is 1. The summed E-state index contributed by atoms with van der Waals surface area (Å²) in [5, 5.41) is 9.02. The van der Waals surface area contributed by atoms with Gasteiger partial charge in [-0.05, 0) is 43.0 Å². The molecule has 0 aliphatic carbocycles. The molecule has 0 radical (unpaired) electrons. The van der Waals surface area contributed by atoms with E-state index in [2.05, 4.69) is 4.90 Å². The van der Waals surface area contributed by atoms with Crippen molar-refractivity contribution in [2.45, 2.75) is 44.1 Å². The highest BCUT2D eigenvalue weighted by Gasteiger charge is 2.35. The molecule has 7 nitrogen and oxygen atoms in total. The Kier molecular flexibility index (Phi) is 7.36. The lowest BCUT2D eigenvalue weighted by Crippen LogP contribution is -2.51. The van der Waals surface area contributed by atoms with Crippen LogP contribution in [0.25, 0.3) is 0 Å². The summed E-state index contributed by atoms with van der Waals surface area (Å²) < 4.78 is 28.6. The predicted molar refractivity (Wildman–Crippen MR) is 129 cm³/mol. The number of sulfonamides is 1. The van der Waals surface area contributed by atoms with E-state index < -0.39 is 21.4 Å². The monoisotopic (exact) mass is 471 g/mol. The molecular weight excluding hydrogens is 438 g/mol. The molecule has 2 heterocycles. The number of hydrogen-bond donors (Lipinski definition) is 1. The van der Waals surface area contributed by atoms with Crippen molar-refractivity contribution in [1.29, 1.82) is 0 Å². The first-order valence-corrected chi connectivity index (χ1v) is 13.2. The first-order chi connectivity index (χ1) is 15.9. The SMILES string of the molecule is CC(O)C(=O)N1CCN(c2ccc(CN3CCCCC(c4ccccc4)S3(=O)=O)cc2)CC1. The highest BCUT2D eigenvalue weighted by molar-refractivity contribution is 7.89. The van der Waals surface area contributed by atoms with E-state index in [-0.39, 0.29) is 5.91 Å². The van der Waals surface area contributed by atoms with Crippen molar-refractivity contribution in [2.24, 2.45) is 0 Å². The molecule has 178 valence electrons.